The second-order valence-corrected chi connectivity index (χ2v) is 6.23. The molecule has 23 heavy (non-hydrogen) atoms. The summed E-state index contributed by atoms with van der Waals surface area (Å²) < 4.78 is 0. The molecule has 1 unspecified atom stereocenters. The number of aromatic carboxylic acids is 1. The van der Waals surface area contributed by atoms with E-state index in [-0.39, 0.29) is 17.2 Å². The van der Waals surface area contributed by atoms with Gasteiger partial charge in [0.2, 0.25) is 0 Å². The third kappa shape index (κ3) is 6.61. The minimum absolute atomic E-state index is 0.0240. The minimum atomic E-state index is -1.09. The number of rotatable bonds is 12. The van der Waals surface area contributed by atoms with Crippen LogP contribution in [-0.2, 0) is 0 Å². The molecule has 1 aromatic rings. The normalized spacial score (nSPS) is 12.3. The van der Waals surface area contributed by atoms with Gasteiger partial charge in [0, 0.05) is 0 Å². The van der Waals surface area contributed by atoms with Crippen LogP contribution in [0.1, 0.15) is 86.6 Å². The number of unbranched alkanes of at least 4 members (excludes halogenated alkanes) is 6. The predicted octanol–water partition coefficient (Wildman–Crippen LogP) is 4.66. The maximum atomic E-state index is 11.2. The summed E-state index contributed by atoms with van der Waals surface area (Å²) in [7, 11) is 0. The number of phenols is 1. The molecule has 0 aromatic heterocycles. The Hall–Kier alpha value is -1.55. The fourth-order valence-electron chi connectivity index (χ4n) is 3.07. The monoisotopic (exact) mass is 321 g/mol. The van der Waals surface area contributed by atoms with Gasteiger partial charge in [-0.1, -0.05) is 64.0 Å². The van der Waals surface area contributed by atoms with E-state index in [1.165, 1.54) is 44.6 Å². The first-order valence-corrected chi connectivity index (χ1v) is 8.87. The molecule has 0 fully saturated rings. The van der Waals surface area contributed by atoms with Gasteiger partial charge in [-0.25, -0.2) is 4.79 Å². The van der Waals surface area contributed by atoms with Crippen molar-refractivity contribution in [1.82, 2.24) is 0 Å². The molecular formula is C19H31NO3. The highest BCUT2D eigenvalue weighted by molar-refractivity contribution is 5.91. The third-order valence-corrected chi connectivity index (χ3v) is 4.41. The van der Waals surface area contributed by atoms with Gasteiger partial charge < -0.3 is 15.9 Å². The average Bonchev–Trinajstić information content (AvgIpc) is 2.53. The van der Waals surface area contributed by atoms with Crippen molar-refractivity contribution in [2.75, 3.05) is 6.54 Å². The van der Waals surface area contributed by atoms with Crippen molar-refractivity contribution in [2.24, 2.45) is 5.73 Å². The summed E-state index contributed by atoms with van der Waals surface area (Å²) in [4.78, 5) is 11.2. The van der Waals surface area contributed by atoms with Crippen LogP contribution in [0.25, 0.3) is 0 Å². The molecule has 4 nitrogen and oxygen atoms in total. The fraction of sp³-hybridized carbons (Fsp3) is 0.632. The Bertz CT molecular complexity index is 474. The van der Waals surface area contributed by atoms with Gasteiger partial charge in [-0.15, -0.1) is 0 Å². The van der Waals surface area contributed by atoms with E-state index >= 15 is 0 Å². The largest absolute Gasteiger partial charge is 0.507 e. The lowest BCUT2D eigenvalue weighted by Gasteiger charge is -2.18. The number of para-hydroxylation sites is 1. The summed E-state index contributed by atoms with van der Waals surface area (Å²) in [5, 5.41) is 19.4. The van der Waals surface area contributed by atoms with Crippen LogP contribution >= 0.6 is 0 Å². The van der Waals surface area contributed by atoms with Gasteiger partial charge in [0.05, 0.1) is 0 Å². The maximum absolute atomic E-state index is 11.2. The number of carboxylic acid groups (broad SMARTS) is 1. The molecule has 0 aliphatic heterocycles. The van der Waals surface area contributed by atoms with Crippen molar-refractivity contribution in [3.63, 3.8) is 0 Å². The standard InChI is InChI=1S/C19H31NO3/c1-2-3-4-5-6-7-8-10-15(13-14-20)16-11-9-12-17(18(16)21)19(22)23/h9,11-12,15,21H,2-8,10,13-14,20H2,1H3,(H,22,23). The average molecular weight is 321 g/mol. The topological polar surface area (TPSA) is 83.6 Å². The third-order valence-electron chi connectivity index (χ3n) is 4.41. The van der Waals surface area contributed by atoms with Crippen LogP contribution < -0.4 is 5.73 Å². The Morgan fingerprint density at radius 3 is 2.35 bits per heavy atom. The summed E-state index contributed by atoms with van der Waals surface area (Å²) in [6.45, 7) is 2.76. The van der Waals surface area contributed by atoms with Gasteiger partial charge in [0.1, 0.15) is 11.3 Å². The van der Waals surface area contributed by atoms with Crippen molar-refractivity contribution in [3.05, 3.63) is 29.3 Å². The van der Waals surface area contributed by atoms with Crippen LogP contribution in [-0.4, -0.2) is 22.7 Å². The first kappa shape index (κ1) is 19.5. The molecule has 0 saturated carbocycles. The molecule has 1 rings (SSSR count). The molecule has 0 heterocycles. The molecule has 4 N–H and O–H groups in total. The molecule has 0 radical (unpaired) electrons. The maximum Gasteiger partial charge on any atom is 0.339 e. The van der Waals surface area contributed by atoms with Crippen LogP contribution in [0.2, 0.25) is 0 Å². The van der Waals surface area contributed by atoms with E-state index in [9.17, 15) is 9.90 Å². The summed E-state index contributed by atoms with van der Waals surface area (Å²) in [6, 6.07) is 4.96. The second-order valence-electron chi connectivity index (χ2n) is 6.23. The second kappa shape index (κ2) is 11.1. The van der Waals surface area contributed by atoms with Gasteiger partial charge in [0.15, 0.2) is 0 Å². The van der Waals surface area contributed by atoms with Crippen molar-refractivity contribution >= 4 is 5.97 Å². The number of hydrogen-bond donors (Lipinski definition) is 3. The number of carboxylic acids is 1. The molecule has 4 heteroatoms. The zero-order valence-corrected chi connectivity index (χ0v) is 14.3. The highest BCUT2D eigenvalue weighted by atomic mass is 16.4. The zero-order chi connectivity index (χ0) is 17.1. The number of carbonyl (C=O) groups is 1. The van der Waals surface area contributed by atoms with Crippen LogP contribution in [0.5, 0.6) is 5.75 Å². The van der Waals surface area contributed by atoms with Crippen molar-refractivity contribution < 1.29 is 15.0 Å². The van der Waals surface area contributed by atoms with E-state index in [1.54, 1.807) is 6.07 Å². The highest BCUT2D eigenvalue weighted by Gasteiger charge is 2.19. The van der Waals surface area contributed by atoms with Gasteiger partial charge >= 0.3 is 5.97 Å². The molecule has 0 aliphatic rings. The van der Waals surface area contributed by atoms with Gasteiger partial charge in [-0.3, -0.25) is 0 Å². The number of hydrogen-bond acceptors (Lipinski definition) is 3. The van der Waals surface area contributed by atoms with Crippen LogP contribution in [0.15, 0.2) is 18.2 Å². The summed E-state index contributed by atoms with van der Waals surface area (Å²) in [5.74, 6) is -1.05. The van der Waals surface area contributed by atoms with E-state index < -0.39 is 5.97 Å². The molecule has 0 bridgehead atoms. The minimum Gasteiger partial charge on any atom is -0.507 e. The first-order valence-electron chi connectivity index (χ1n) is 8.87. The van der Waals surface area contributed by atoms with Crippen LogP contribution in [0, 0.1) is 0 Å². The van der Waals surface area contributed by atoms with E-state index in [0.29, 0.717) is 6.54 Å². The lowest BCUT2D eigenvalue weighted by atomic mass is 9.88. The molecular weight excluding hydrogens is 290 g/mol. The van der Waals surface area contributed by atoms with Crippen molar-refractivity contribution in [2.45, 2.75) is 70.6 Å². The lowest BCUT2D eigenvalue weighted by molar-refractivity contribution is 0.0693. The summed E-state index contributed by atoms with van der Waals surface area (Å²) in [5.41, 5.74) is 6.40. The number of aromatic hydroxyl groups is 1. The van der Waals surface area contributed by atoms with Gasteiger partial charge in [0.25, 0.3) is 0 Å². The number of nitrogens with two attached hydrogens (primary N) is 1. The molecule has 0 spiro atoms. The van der Waals surface area contributed by atoms with Gasteiger partial charge in [-0.2, -0.15) is 0 Å². The van der Waals surface area contributed by atoms with E-state index in [2.05, 4.69) is 6.92 Å². The van der Waals surface area contributed by atoms with Crippen LogP contribution in [0.4, 0.5) is 0 Å². The Kier molecular flexibility index (Phi) is 9.37. The smallest absolute Gasteiger partial charge is 0.339 e. The van der Waals surface area contributed by atoms with Crippen LogP contribution in [0.3, 0.4) is 0 Å². The molecule has 0 saturated heterocycles. The molecule has 130 valence electrons. The molecule has 0 aliphatic carbocycles. The van der Waals surface area contributed by atoms with E-state index in [1.807, 2.05) is 6.07 Å². The first-order chi connectivity index (χ1) is 11.1. The molecule has 0 amide bonds. The van der Waals surface area contributed by atoms with E-state index in [0.717, 1.165) is 24.8 Å². The summed E-state index contributed by atoms with van der Waals surface area (Å²) in [6.07, 6.45) is 10.4. The quantitative estimate of drug-likeness (QED) is 0.489. The zero-order valence-electron chi connectivity index (χ0n) is 14.3. The molecule has 1 atom stereocenters. The van der Waals surface area contributed by atoms with Gasteiger partial charge in [-0.05, 0) is 36.9 Å². The highest BCUT2D eigenvalue weighted by Crippen LogP contribution is 2.34. The Labute approximate surface area is 139 Å². The van der Waals surface area contributed by atoms with E-state index in [4.69, 9.17) is 10.8 Å². The Balaban J connectivity index is 2.58. The lowest BCUT2D eigenvalue weighted by Crippen LogP contribution is -2.09. The predicted molar refractivity (Wildman–Crippen MR) is 94.1 cm³/mol. The van der Waals surface area contributed by atoms with Crippen molar-refractivity contribution in [1.29, 1.82) is 0 Å². The summed E-state index contributed by atoms with van der Waals surface area (Å²) >= 11 is 0. The Morgan fingerprint density at radius 2 is 1.74 bits per heavy atom. The SMILES string of the molecule is CCCCCCCCCC(CCN)c1cccc(C(=O)O)c1O. The number of benzene rings is 1. The Morgan fingerprint density at radius 1 is 1.09 bits per heavy atom. The molecule has 1 aromatic carbocycles. The van der Waals surface area contributed by atoms with Crippen molar-refractivity contribution in [3.8, 4) is 5.75 Å². The fourth-order valence-corrected chi connectivity index (χ4v) is 3.07.